The molecule has 4 nitrogen and oxygen atoms in total. The van der Waals surface area contributed by atoms with Crippen LogP contribution in [0, 0.1) is 3.57 Å². The summed E-state index contributed by atoms with van der Waals surface area (Å²) in [7, 11) is 0. The Morgan fingerprint density at radius 1 is 1.60 bits per heavy atom. The molecular formula is C9H11ClIN3O. The maximum atomic E-state index is 11.4. The fraction of sp³-hybridized carbons (Fsp3) is 0.333. The van der Waals surface area contributed by atoms with Crippen molar-refractivity contribution >= 4 is 45.9 Å². The summed E-state index contributed by atoms with van der Waals surface area (Å²) in [6.07, 6.45) is 1.61. The minimum absolute atomic E-state index is 0.0972. The summed E-state index contributed by atoms with van der Waals surface area (Å²) in [5, 5.41) is 5.78. The number of hydrogen-bond acceptors (Lipinski definition) is 2. The zero-order valence-electron chi connectivity index (χ0n) is 8.34. The highest BCUT2D eigenvalue weighted by Gasteiger charge is 2.07. The Morgan fingerprint density at radius 2 is 2.27 bits per heavy atom. The number of amides is 2. The molecule has 0 radical (unpaired) electrons. The van der Waals surface area contributed by atoms with Crippen LogP contribution in [0.5, 0.6) is 0 Å². The van der Waals surface area contributed by atoms with Crippen molar-refractivity contribution in [1.29, 1.82) is 0 Å². The molecule has 0 atom stereocenters. The minimum Gasteiger partial charge on any atom is -0.336 e. The van der Waals surface area contributed by atoms with Gasteiger partial charge in [-0.25, -0.2) is 9.78 Å². The van der Waals surface area contributed by atoms with E-state index in [1.165, 1.54) is 0 Å². The number of nitrogens with zero attached hydrogens (tertiary/aromatic N) is 1. The van der Waals surface area contributed by atoms with Crippen molar-refractivity contribution in [3.8, 4) is 0 Å². The lowest BCUT2D eigenvalue weighted by Gasteiger charge is -2.11. The Balaban J connectivity index is 2.71. The third kappa shape index (κ3) is 4.21. The van der Waals surface area contributed by atoms with Gasteiger partial charge in [0.15, 0.2) is 0 Å². The lowest BCUT2D eigenvalue weighted by molar-refractivity contribution is 0.250. The number of nitrogens with one attached hydrogen (secondary N) is 2. The first-order valence-electron chi connectivity index (χ1n) is 4.37. The van der Waals surface area contributed by atoms with Crippen molar-refractivity contribution in [1.82, 2.24) is 10.3 Å². The van der Waals surface area contributed by atoms with Crippen LogP contribution in [-0.2, 0) is 0 Å². The monoisotopic (exact) mass is 339 g/mol. The largest absolute Gasteiger partial charge is 0.336 e. The Labute approximate surface area is 107 Å². The van der Waals surface area contributed by atoms with Crippen molar-refractivity contribution in [2.75, 3.05) is 5.32 Å². The molecule has 0 bridgehead atoms. The number of hydrogen-bond donors (Lipinski definition) is 2. The van der Waals surface area contributed by atoms with Gasteiger partial charge in [-0.05, 0) is 36.4 Å². The highest BCUT2D eigenvalue weighted by atomic mass is 127. The number of pyridine rings is 1. The average molecular weight is 340 g/mol. The molecule has 0 aromatic carbocycles. The molecule has 1 heterocycles. The van der Waals surface area contributed by atoms with Gasteiger partial charge in [0.2, 0.25) is 0 Å². The highest BCUT2D eigenvalue weighted by molar-refractivity contribution is 14.1. The Kier molecular flexibility index (Phi) is 4.59. The molecule has 2 amide bonds. The smallest absolute Gasteiger partial charge is 0.319 e. The van der Waals surface area contributed by atoms with E-state index in [-0.39, 0.29) is 12.1 Å². The van der Waals surface area contributed by atoms with E-state index in [1.54, 1.807) is 12.3 Å². The zero-order chi connectivity index (χ0) is 11.4. The minimum atomic E-state index is -0.245. The van der Waals surface area contributed by atoms with Gasteiger partial charge in [-0.3, -0.25) is 0 Å². The lowest BCUT2D eigenvalue weighted by Crippen LogP contribution is -2.34. The standard InChI is InChI=1S/C9H11ClIN3O/c1-5(2)13-9(15)14-7-3-8(10)12-4-6(7)11/h3-5H,1-2H3,(H2,12,13,14,15). The molecule has 0 spiro atoms. The maximum absolute atomic E-state index is 11.4. The normalized spacial score (nSPS) is 10.2. The molecule has 0 unspecified atom stereocenters. The van der Waals surface area contributed by atoms with Crippen molar-refractivity contribution in [2.45, 2.75) is 19.9 Å². The van der Waals surface area contributed by atoms with Crippen LogP contribution in [0.2, 0.25) is 5.15 Å². The van der Waals surface area contributed by atoms with Crippen molar-refractivity contribution in [3.63, 3.8) is 0 Å². The van der Waals surface area contributed by atoms with Gasteiger partial charge in [-0.15, -0.1) is 0 Å². The zero-order valence-corrected chi connectivity index (χ0v) is 11.3. The molecule has 15 heavy (non-hydrogen) atoms. The second-order valence-corrected chi connectivity index (χ2v) is 4.79. The molecule has 0 aliphatic carbocycles. The molecule has 0 saturated heterocycles. The molecule has 2 N–H and O–H groups in total. The molecule has 0 aliphatic heterocycles. The van der Waals surface area contributed by atoms with Crippen LogP contribution in [0.3, 0.4) is 0 Å². The number of carbonyl (C=O) groups excluding carboxylic acids is 1. The number of rotatable bonds is 2. The molecule has 1 aromatic heterocycles. The first-order valence-corrected chi connectivity index (χ1v) is 5.83. The molecule has 0 fully saturated rings. The van der Waals surface area contributed by atoms with Crippen LogP contribution in [-0.4, -0.2) is 17.1 Å². The van der Waals surface area contributed by atoms with Crippen molar-refractivity contribution < 1.29 is 4.79 Å². The van der Waals surface area contributed by atoms with Gasteiger partial charge >= 0.3 is 6.03 Å². The fourth-order valence-electron chi connectivity index (χ4n) is 0.930. The average Bonchev–Trinajstić information content (AvgIpc) is 2.10. The molecule has 82 valence electrons. The summed E-state index contributed by atoms with van der Waals surface area (Å²) in [6, 6.07) is 1.47. The third-order valence-electron chi connectivity index (χ3n) is 1.49. The second kappa shape index (κ2) is 5.50. The van der Waals surface area contributed by atoms with Crippen LogP contribution in [0.1, 0.15) is 13.8 Å². The molecule has 0 aliphatic rings. The van der Waals surface area contributed by atoms with E-state index in [0.717, 1.165) is 3.57 Å². The van der Waals surface area contributed by atoms with Crippen LogP contribution >= 0.6 is 34.2 Å². The SMILES string of the molecule is CC(C)NC(=O)Nc1cc(Cl)ncc1I. The number of carbonyl (C=O) groups is 1. The van der Waals surface area contributed by atoms with Gasteiger partial charge in [-0.2, -0.15) is 0 Å². The Morgan fingerprint density at radius 3 is 2.87 bits per heavy atom. The quantitative estimate of drug-likeness (QED) is 0.643. The van der Waals surface area contributed by atoms with Gasteiger partial charge in [0, 0.05) is 18.3 Å². The molecular weight excluding hydrogens is 328 g/mol. The van der Waals surface area contributed by atoms with Gasteiger partial charge in [0.05, 0.1) is 9.26 Å². The van der Waals surface area contributed by atoms with E-state index in [1.807, 2.05) is 13.8 Å². The highest BCUT2D eigenvalue weighted by Crippen LogP contribution is 2.19. The number of urea groups is 1. The van der Waals surface area contributed by atoms with Crippen molar-refractivity contribution in [3.05, 3.63) is 21.0 Å². The Bertz CT molecular complexity index is 370. The van der Waals surface area contributed by atoms with Gasteiger partial charge < -0.3 is 10.6 Å². The van der Waals surface area contributed by atoms with Crippen LogP contribution in [0.4, 0.5) is 10.5 Å². The topological polar surface area (TPSA) is 54.0 Å². The summed E-state index contributed by atoms with van der Waals surface area (Å²) < 4.78 is 0.843. The summed E-state index contributed by atoms with van der Waals surface area (Å²) in [5.41, 5.74) is 0.661. The number of aromatic nitrogens is 1. The predicted octanol–water partition coefficient (Wildman–Crippen LogP) is 2.87. The van der Waals surface area contributed by atoms with Crippen LogP contribution < -0.4 is 10.6 Å². The Hall–Kier alpha value is -0.560. The van der Waals surface area contributed by atoms with Crippen LogP contribution in [0.25, 0.3) is 0 Å². The van der Waals surface area contributed by atoms with Gasteiger partial charge in [0.25, 0.3) is 0 Å². The van der Waals surface area contributed by atoms with E-state index >= 15 is 0 Å². The van der Waals surface area contributed by atoms with E-state index in [9.17, 15) is 4.79 Å². The van der Waals surface area contributed by atoms with E-state index in [2.05, 4.69) is 38.2 Å². The first-order chi connectivity index (χ1) is 6.99. The van der Waals surface area contributed by atoms with Crippen LogP contribution in [0.15, 0.2) is 12.3 Å². The summed E-state index contributed by atoms with van der Waals surface area (Å²) >= 11 is 7.80. The lowest BCUT2D eigenvalue weighted by atomic mass is 10.4. The summed E-state index contributed by atoms with van der Waals surface area (Å²) in [5.74, 6) is 0. The van der Waals surface area contributed by atoms with Gasteiger partial charge in [-0.1, -0.05) is 11.6 Å². The van der Waals surface area contributed by atoms with Crippen molar-refractivity contribution in [2.24, 2.45) is 0 Å². The van der Waals surface area contributed by atoms with E-state index < -0.39 is 0 Å². The number of anilines is 1. The molecule has 6 heteroatoms. The van der Waals surface area contributed by atoms with E-state index in [0.29, 0.717) is 10.8 Å². The molecule has 1 rings (SSSR count). The van der Waals surface area contributed by atoms with Gasteiger partial charge in [0.1, 0.15) is 5.15 Å². The number of halogens is 2. The van der Waals surface area contributed by atoms with E-state index in [4.69, 9.17) is 11.6 Å². The molecule has 0 saturated carbocycles. The summed E-state index contributed by atoms with van der Waals surface area (Å²) in [6.45, 7) is 3.79. The molecule has 1 aromatic rings. The summed E-state index contributed by atoms with van der Waals surface area (Å²) in [4.78, 5) is 15.3. The first kappa shape index (κ1) is 12.5. The fourth-order valence-corrected chi connectivity index (χ4v) is 1.52. The predicted molar refractivity (Wildman–Crippen MR) is 69.3 cm³/mol. The third-order valence-corrected chi connectivity index (χ3v) is 2.56. The second-order valence-electron chi connectivity index (χ2n) is 3.24. The maximum Gasteiger partial charge on any atom is 0.319 e.